The Labute approximate surface area is 218 Å². The second-order valence-corrected chi connectivity index (χ2v) is 9.23. The van der Waals surface area contributed by atoms with Crippen molar-refractivity contribution in [2.75, 3.05) is 36.8 Å². The largest absolute Gasteiger partial charge is 0.350 e. The molecule has 0 unspecified atom stereocenters. The summed E-state index contributed by atoms with van der Waals surface area (Å²) in [4.78, 5) is 47.1. The number of hydrogen-bond donors (Lipinski definition) is 4. The van der Waals surface area contributed by atoms with Crippen molar-refractivity contribution in [1.29, 1.82) is 0 Å². The number of carbonyl (C=O) groups is 3. The van der Waals surface area contributed by atoms with Gasteiger partial charge in [-0.2, -0.15) is 0 Å². The van der Waals surface area contributed by atoms with E-state index >= 15 is 0 Å². The average molecular weight is 527 g/mol. The zero-order chi connectivity index (χ0) is 26.4. The molecule has 37 heavy (non-hydrogen) atoms. The minimum Gasteiger partial charge on any atom is -0.350 e. The van der Waals surface area contributed by atoms with Gasteiger partial charge >= 0.3 is 0 Å². The molecule has 0 aliphatic carbocycles. The molecule has 11 heteroatoms. The number of aromatic amines is 1. The van der Waals surface area contributed by atoms with E-state index in [4.69, 9.17) is 11.6 Å². The van der Waals surface area contributed by atoms with Gasteiger partial charge in [-0.3, -0.25) is 14.4 Å². The molecule has 194 valence electrons. The first-order chi connectivity index (χ1) is 17.8. The number of rotatable bonds is 8. The topological polar surface area (TPSA) is 119 Å². The molecule has 1 saturated heterocycles. The second-order valence-electron chi connectivity index (χ2n) is 8.82. The van der Waals surface area contributed by atoms with Crippen molar-refractivity contribution in [3.63, 3.8) is 0 Å². The van der Waals surface area contributed by atoms with Crippen LogP contribution in [0.3, 0.4) is 0 Å². The standard InChI is InChI=1S/C26H28ClFN6O3/c1-2-34-11-9-16(10-12-34)14-29-25(36)22-23(31-15-30-22)26(37)33-19-6-4-18(5-7-19)32-24(35)20-8-3-17(28)13-21(20)27/h3-8,13,15-16H,2,9-12,14H2,1H3,(H,29,36)(H,30,31)(H,32,35)(H,33,37). The van der Waals surface area contributed by atoms with Crippen LogP contribution in [0.2, 0.25) is 5.02 Å². The Morgan fingerprint density at radius 3 is 2.30 bits per heavy atom. The van der Waals surface area contributed by atoms with Crippen LogP contribution in [-0.2, 0) is 0 Å². The number of amides is 3. The zero-order valence-electron chi connectivity index (χ0n) is 20.3. The fourth-order valence-electron chi connectivity index (χ4n) is 4.17. The van der Waals surface area contributed by atoms with Crippen molar-refractivity contribution in [2.45, 2.75) is 19.8 Å². The van der Waals surface area contributed by atoms with Gasteiger partial charge in [0.25, 0.3) is 17.7 Å². The fourth-order valence-corrected chi connectivity index (χ4v) is 4.42. The number of imidazole rings is 1. The van der Waals surface area contributed by atoms with Gasteiger partial charge in [0.2, 0.25) is 0 Å². The Balaban J connectivity index is 1.31. The van der Waals surface area contributed by atoms with E-state index in [9.17, 15) is 18.8 Å². The summed E-state index contributed by atoms with van der Waals surface area (Å²) in [7, 11) is 0. The Kier molecular flexibility index (Phi) is 8.52. The van der Waals surface area contributed by atoms with Crippen LogP contribution in [0.25, 0.3) is 0 Å². The smallest absolute Gasteiger partial charge is 0.276 e. The van der Waals surface area contributed by atoms with Crippen LogP contribution >= 0.6 is 11.6 Å². The molecule has 3 aromatic rings. The van der Waals surface area contributed by atoms with Gasteiger partial charge in [-0.05, 0) is 80.9 Å². The number of benzene rings is 2. The van der Waals surface area contributed by atoms with E-state index in [1.807, 2.05) is 0 Å². The van der Waals surface area contributed by atoms with Crippen molar-refractivity contribution in [2.24, 2.45) is 5.92 Å². The molecule has 0 spiro atoms. The molecule has 3 amide bonds. The number of likely N-dealkylation sites (tertiary alicyclic amines) is 1. The van der Waals surface area contributed by atoms with Gasteiger partial charge in [0.15, 0.2) is 5.69 Å². The lowest BCUT2D eigenvalue weighted by atomic mass is 9.97. The van der Waals surface area contributed by atoms with Crippen LogP contribution in [0.4, 0.5) is 15.8 Å². The maximum Gasteiger partial charge on any atom is 0.276 e. The normalized spacial score (nSPS) is 14.2. The molecule has 0 saturated carbocycles. The molecule has 4 N–H and O–H groups in total. The maximum atomic E-state index is 13.2. The predicted molar refractivity (Wildman–Crippen MR) is 140 cm³/mol. The lowest BCUT2D eigenvalue weighted by Crippen LogP contribution is -2.38. The first-order valence-corrected chi connectivity index (χ1v) is 12.4. The van der Waals surface area contributed by atoms with Gasteiger partial charge in [-0.1, -0.05) is 18.5 Å². The van der Waals surface area contributed by atoms with Crippen LogP contribution < -0.4 is 16.0 Å². The lowest BCUT2D eigenvalue weighted by molar-refractivity contribution is 0.0920. The number of halogens is 2. The van der Waals surface area contributed by atoms with Crippen LogP contribution in [0.1, 0.15) is 51.1 Å². The molecular formula is C26H28ClFN6O3. The molecule has 1 aromatic heterocycles. The van der Waals surface area contributed by atoms with Crippen LogP contribution in [0.5, 0.6) is 0 Å². The molecular weight excluding hydrogens is 499 g/mol. The molecule has 0 atom stereocenters. The van der Waals surface area contributed by atoms with Crippen molar-refractivity contribution >= 4 is 40.7 Å². The fraction of sp³-hybridized carbons (Fsp3) is 0.308. The number of carbonyl (C=O) groups excluding carboxylic acids is 3. The Bertz CT molecular complexity index is 1270. The molecule has 2 heterocycles. The number of nitrogens with one attached hydrogen (secondary N) is 4. The molecule has 2 aromatic carbocycles. The molecule has 1 aliphatic rings. The summed E-state index contributed by atoms with van der Waals surface area (Å²) in [5, 5.41) is 8.28. The highest BCUT2D eigenvalue weighted by Gasteiger charge is 2.23. The third-order valence-corrected chi connectivity index (χ3v) is 6.68. The minimum absolute atomic E-state index is 0.00195. The quantitative estimate of drug-likeness (QED) is 0.351. The predicted octanol–water partition coefficient (Wildman–Crippen LogP) is 4.17. The monoisotopic (exact) mass is 526 g/mol. The van der Waals surface area contributed by atoms with E-state index in [0.29, 0.717) is 23.8 Å². The highest BCUT2D eigenvalue weighted by atomic mass is 35.5. The van der Waals surface area contributed by atoms with Crippen LogP contribution in [0.15, 0.2) is 48.8 Å². The third kappa shape index (κ3) is 6.72. The van der Waals surface area contributed by atoms with E-state index in [2.05, 4.69) is 37.7 Å². The van der Waals surface area contributed by atoms with E-state index in [-0.39, 0.29) is 27.9 Å². The van der Waals surface area contributed by atoms with Crippen LogP contribution in [0, 0.1) is 11.7 Å². The summed E-state index contributed by atoms with van der Waals surface area (Å²) < 4.78 is 13.2. The first-order valence-electron chi connectivity index (χ1n) is 12.1. The van der Waals surface area contributed by atoms with Crippen molar-refractivity contribution in [3.8, 4) is 0 Å². The van der Waals surface area contributed by atoms with E-state index < -0.39 is 17.6 Å². The Morgan fingerprint density at radius 1 is 1.03 bits per heavy atom. The van der Waals surface area contributed by atoms with E-state index in [1.165, 1.54) is 12.4 Å². The number of H-pyrrole nitrogens is 1. The van der Waals surface area contributed by atoms with Crippen molar-refractivity contribution in [3.05, 3.63) is 76.6 Å². The number of nitrogens with zero attached hydrogens (tertiary/aromatic N) is 2. The number of piperidine rings is 1. The zero-order valence-corrected chi connectivity index (χ0v) is 21.1. The molecule has 1 aliphatic heterocycles. The summed E-state index contributed by atoms with van der Waals surface area (Å²) in [5.41, 5.74) is 1.12. The highest BCUT2D eigenvalue weighted by molar-refractivity contribution is 6.34. The summed E-state index contributed by atoms with van der Waals surface area (Å²) in [6, 6.07) is 9.88. The Hall–Kier alpha value is -3.76. The molecule has 1 fully saturated rings. The molecule has 4 rings (SSSR count). The maximum absolute atomic E-state index is 13.2. The lowest BCUT2D eigenvalue weighted by Gasteiger charge is -2.30. The van der Waals surface area contributed by atoms with Gasteiger partial charge in [0.1, 0.15) is 11.5 Å². The number of anilines is 2. The molecule has 9 nitrogen and oxygen atoms in total. The SMILES string of the molecule is CCN1CCC(CNC(=O)c2[nH]cnc2C(=O)Nc2ccc(NC(=O)c3ccc(F)cc3Cl)cc2)CC1. The number of aromatic nitrogens is 2. The third-order valence-electron chi connectivity index (χ3n) is 6.36. The van der Waals surface area contributed by atoms with E-state index in [1.54, 1.807) is 24.3 Å². The van der Waals surface area contributed by atoms with Crippen molar-refractivity contribution in [1.82, 2.24) is 20.2 Å². The Morgan fingerprint density at radius 2 is 1.68 bits per heavy atom. The van der Waals surface area contributed by atoms with Gasteiger partial charge < -0.3 is 25.8 Å². The average Bonchev–Trinajstić information content (AvgIpc) is 3.39. The molecule has 0 bridgehead atoms. The summed E-state index contributed by atoms with van der Waals surface area (Å²) >= 11 is 5.94. The number of hydrogen-bond acceptors (Lipinski definition) is 5. The van der Waals surface area contributed by atoms with Gasteiger partial charge in [-0.15, -0.1) is 0 Å². The van der Waals surface area contributed by atoms with Gasteiger partial charge in [0, 0.05) is 17.9 Å². The van der Waals surface area contributed by atoms with Crippen LogP contribution in [-0.4, -0.2) is 58.8 Å². The van der Waals surface area contributed by atoms with Gasteiger partial charge in [-0.25, -0.2) is 9.37 Å². The minimum atomic E-state index is -0.544. The van der Waals surface area contributed by atoms with Crippen molar-refractivity contribution < 1.29 is 18.8 Å². The summed E-state index contributed by atoms with van der Waals surface area (Å²) in [6.45, 7) is 5.78. The molecule has 0 radical (unpaired) electrons. The summed E-state index contributed by atoms with van der Waals surface area (Å²) in [6.07, 6.45) is 3.36. The summed E-state index contributed by atoms with van der Waals surface area (Å²) in [5.74, 6) is -1.54. The van der Waals surface area contributed by atoms with E-state index in [0.717, 1.165) is 44.6 Å². The first kappa shape index (κ1) is 26.3. The second kappa shape index (κ2) is 12.0. The van der Waals surface area contributed by atoms with Gasteiger partial charge in [0.05, 0.1) is 16.9 Å². The highest BCUT2D eigenvalue weighted by Crippen LogP contribution is 2.21.